The maximum absolute atomic E-state index is 11.7. The standard InChI is InChI=1S/C18H27NO6S/c1-5-6-8-23-17-12-15(2)18(16(3)13-17)24-14-25-26(20)11-10-22-9-7-19-21-4/h5-7,12-13H,8-11,14H2,1-4H3/b6-5+,19-7+. The minimum absolute atomic E-state index is 0.0990. The molecule has 0 saturated heterocycles. The SMILES string of the molecule is C/C=C/COc1cc(C)c(OCOS(=O)CCOC/C=N/OC)c(C)c1. The summed E-state index contributed by atoms with van der Waals surface area (Å²) in [6.45, 7) is 6.81. The Morgan fingerprint density at radius 2 is 1.88 bits per heavy atom. The second-order valence-electron chi connectivity index (χ2n) is 5.20. The number of benzene rings is 1. The van der Waals surface area contributed by atoms with Gasteiger partial charge in [0.15, 0.2) is 11.1 Å². The Hall–Kier alpha value is -1.90. The van der Waals surface area contributed by atoms with E-state index in [4.69, 9.17) is 18.4 Å². The van der Waals surface area contributed by atoms with Gasteiger partial charge in [-0.3, -0.25) is 4.18 Å². The molecule has 0 fully saturated rings. The monoisotopic (exact) mass is 385 g/mol. The third-order valence-electron chi connectivity index (χ3n) is 3.17. The fourth-order valence-electron chi connectivity index (χ4n) is 2.03. The fraction of sp³-hybridized carbons (Fsp3) is 0.500. The highest BCUT2D eigenvalue weighted by Gasteiger charge is 2.08. The van der Waals surface area contributed by atoms with Crippen molar-refractivity contribution in [3.05, 3.63) is 35.4 Å². The molecule has 7 nitrogen and oxygen atoms in total. The highest BCUT2D eigenvalue weighted by Crippen LogP contribution is 2.28. The number of oxime groups is 1. The van der Waals surface area contributed by atoms with Crippen molar-refractivity contribution in [2.75, 3.05) is 39.5 Å². The van der Waals surface area contributed by atoms with Gasteiger partial charge in [-0.2, -0.15) is 0 Å². The van der Waals surface area contributed by atoms with E-state index in [0.29, 0.717) is 25.6 Å². The second kappa shape index (κ2) is 13.3. The Morgan fingerprint density at radius 3 is 2.54 bits per heavy atom. The molecule has 1 aromatic rings. The van der Waals surface area contributed by atoms with E-state index in [1.807, 2.05) is 45.1 Å². The van der Waals surface area contributed by atoms with Gasteiger partial charge < -0.3 is 19.0 Å². The lowest BCUT2D eigenvalue weighted by Crippen LogP contribution is -2.13. The topological polar surface area (TPSA) is 75.6 Å². The summed E-state index contributed by atoms with van der Waals surface area (Å²) in [5.74, 6) is 1.73. The van der Waals surface area contributed by atoms with Crippen LogP contribution in [0.15, 0.2) is 29.4 Å². The second-order valence-corrected chi connectivity index (χ2v) is 6.45. The van der Waals surface area contributed by atoms with Gasteiger partial charge in [-0.15, -0.1) is 0 Å². The quantitative estimate of drug-likeness (QED) is 0.171. The van der Waals surface area contributed by atoms with Crippen LogP contribution in [-0.4, -0.2) is 49.9 Å². The highest BCUT2D eigenvalue weighted by atomic mass is 32.2. The van der Waals surface area contributed by atoms with Crippen LogP contribution in [0.3, 0.4) is 0 Å². The first-order valence-electron chi connectivity index (χ1n) is 8.20. The molecule has 0 radical (unpaired) electrons. The van der Waals surface area contributed by atoms with Crippen molar-refractivity contribution >= 4 is 17.3 Å². The zero-order chi connectivity index (χ0) is 19.2. The Labute approximate surface area is 157 Å². The summed E-state index contributed by atoms with van der Waals surface area (Å²) in [6.07, 6.45) is 5.35. The molecule has 1 aromatic carbocycles. The van der Waals surface area contributed by atoms with Crippen LogP contribution >= 0.6 is 0 Å². The molecule has 0 aromatic heterocycles. The van der Waals surface area contributed by atoms with Crippen LogP contribution < -0.4 is 9.47 Å². The predicted octanol–water partition coefficient (Wildman–Crippen LogP) is 2.92. The molecular weight excluding hydrogens is 358 g/mol. The lowest BCUT2D eigenvalue weighted by Gasteiger charge is -2.14. The van der Waals surface area contributed by atoms with Crippen LogP contribution in [0.2, 0.25) is 0 Å². The number of nitrogens with zero attached hydrogens (tertiary/aromatic N) is 1. The predicted molar refractivity (Wildman–Crippen MR) is 102 cm³/mol. The van der Waals surface area contributed by atoms with Crippen molar-refractivity contribution in [2.45, 2.75) is 20.8 Å². The molecule has 0 bridgehead atoms. The third kappa shape index (κ3) is 8.98. The summed E-state index contributed by atoms with van der Waals surface area (Å²) in [7, 11) is 1.45. The van der Waals surface area contributed by atoms with Crippen LogP contribution in [0.25, 0.3) is 0 Å². The summed E-state index contributed by atoms with van der Waals surface area (Å²) in [4.78, 5) is 4.49. The molecule has 8 heteroatoms. The first-order valence-corrected chi connectivity index (χ1v) is 9.45. The summed E-state index contributed by atoms with van der Waals surface area (Å²) in [6, 6.07) is 3.80. The lowest BCUT2D eigenvalue weighted by molar-refractivity contribution is 0.129. The van der Waals surface area contributed by atoms with Crippen molar-refractivity contribution in [1.82, 2.24) is 0 Å². The summed E-state index contributed by atoms with van der Waals surface area (Å²) in [5, 5.41) is 3.53. The average molecular weight is 385 g/mol. The van der Waals surface area contributed by atoms with Gasteiger partial charge in [-0.1, -0.05) is 17.3 Å². The van der Waals surface area contributed by atoms with Crippen molar-refractivity contribution in [2.24, 2.45) is 5.16 Å². The molecule has 26 heavy (non-hydrogen) atoms. The van der Waals surface area contributed by atoms with Gasteiger partial charge in [0.1, 0.15) is 25.2 Å². The number of allylic oxidation sites excluding steroid dienone is 1. The molecule has 0 aliphatic heterocycles. The van der Waals surface area contributed by atoms with E-state index >= 15 is 0 Å². The molecule has 0 heterocycles. The third-order valence-corrected chi connectivity index (χ3v) is 4.02. The molecule has 0 saturated carbocycles. The number of hydrogen-bond acceptors (Lipinski definition) is 7. The maximum Gasteiger partial charge on any atom is 0.204 e. The van der Waals surface area contributed by atoms with Crippen LogP contribution in [0.4, 0.5) is 0 Å². The Kier molecular flexibility index (Phi) is 11.3. The van der Waals surface area contributed by atoms with E-state index in [9.17, 15) is 4.21 Å². The minimum atomic E-state index is -1.48. The van der Waals surface area contributed by atoms with Crippen molar-refractivity contribution < 1.29 is 27.4 Å². The number of hydrogen-bond donors (Lipinski definition) is 0. The molecule has 0 amide bonds. The van der Waals surface area contributed by atoms with E-state index < -0.39 is 11.1 Å². The van der Waals surface area contributed by atoms with Crippen molar-refractivity contribution in [3.8, 4) is 11.5 Å². The molecule has 0 spiro atoms. The largest absolute Gasteiger partial charge is 0.490 e. The van der Waals surface area contributed by atoms with Gasteiger partial charge in [-0.25, -0.2) is 4.21 Å². The van der Waals surface area contributed by atoms with Gasteiger partial charge in [0.05, 0.1) is 25.2 Å². The van der Waals surface area contributed by atoms with Gasteiger partial charge in [0.25, 0.3) is 0 Å². The number of ether oxygens (including phenoxy) is 3. The van der Waals surface area contributed by atoms with Crippen LogP contribution in [0.1, 0.15) is 18.1 Å². The Bertz CT molecular complexity index is 595. The van der Waals surface area contributed by atoms with Crippen LogP contribution in [0, 0.1) is 13.8 Å². The van der Waals surface area contributed by atoms with Crippen LogP contribution in [-0.2, 0) is 24.8 Å². The number of aryl methyl sites for hydroxylation is 2. The average Bonchev–Trinajstić information content (AvgIpc) is 2.60. The summed E-state index contributed by atoms with van der Waals surface area (Å²) >= 11 is -1.48. The van der Waals surface area contributed by atoms with Crippen molar-refractivity contribution in [3.63, 3.8) is 0 Å². The molecule has 146 valence electrons. The smallest absolute Gasteiger partial charge is 0.204 e. The van der Waals surface area contributed by atoms with E-state index in [2.05, 4.69) is 9.99 Å². The van der Waals surface area contributed by atoms with Crippen LogP contribution in [0.5, 0.6) is 11.5 Å². The summed E-state index contributed by atoms with van der Waals surface area (Å²) < 4.78 is 33.3. The highest BCUT2D eigenvalue weighted by molar-refractivity contribution is 7.80. The maximum atomic E-state index is 11.7. The summed E-state index contributed by atoms with van der Waals surface area (Å²) in [5.41, 5.74) is 1.85. The lowest BCUT2D eigenvalue weighted by atomic mass is 10.1. The normalized spacial score (nSPS) is 12.6. The van der Waals surface area contributed by atoms with Gasteiger partial charge in [0.2, 0.25) is 6.79 Å². The minimum Gasteiger partial charge on any atom is -0.490 e. The Balaban J connectivity index is 2.35. The number of rotatable bonds is 13. The fourth-order valence-corrected chi connectivity index (χ4v) is 2.55. The molecule has 0 aliphatic rings. The molecule has 1 unspecified atom stereocenters. The molecule has 1 atom stereocenters. The molecule has 0 aliphatic carbocycles. The van der Waals surface area contributed by atoms with E-state index in [-0.39, 0.29) is 12.5 Å². The van der Waals surface area contributed by atoms with E-state index in [1.165, 1.54) is 13.3 Å². The zero-order valence-electron chi connectivity index (χ0n) is 15.7. The Morgan fingerprint density at radius 1 is 1.15 bits per heavy atom. The van der Waals surface area contributed by atoms with Gasteiger partial charge >= 0.3 is 0 Å². The first-order chi connectivity index (χ1) is 12.6. The van der Waals surface area contributed by atoms with E-state index in [0.717, 1.165) is 16.9 Å². The van der Waals surface area contributed by atoms with E-state index in [1.54, 1.807) is 0 Å². The first kappa shape index (κ1) is 22.1. The molecular formula is C18H27NO6S. The van der Waals surface area contributed by atoms with Gasteiger partial charge in [0, 0.05) is 0 Å². The molecule has 1 rings (SSSR count). The van der Waals surface area contributed by atoms with Gasteiger partial charge in [-0.05, 0) is 44.0 Å². The zero-order valence-corrected chi connectivity index (χ0v) is 16.5. The molecule has 0 N–H and O–H groups in total. The van der Waals surface area contributed by atoms with Crippen molar-refractivity contribution in [1.29, 1.82) is 0 Å².